The van der Waals surface area contributed by atoms with Gasteiger partial charge in [-0.1, -0.05) is 0 Å². The van der Waals surface area contributed by atoms with Crippen LogP contribution < -0.4 is 4.74 Å². The maximum atomic E-state index is 12.4. The molecule has 2 rings (SSSR count). The summed E-state index contributed by atoms with van der Waals surface area (Å²) < 4.78 is 5.42. The van der Waals surface area contributed by atoms with Crippen LogP contribution in [0.5, 0.6) is 5.75 Å². The van der Waals surface area contributed by atoms with Crippen molar-refractivity contribution in [2.45, 2.75) is 33.2 Å². The summed E-state index contributed by atoms with van der Waals surface area (Å²) in [5, 5.41) is 11.6. The Balaban J connectivity index is 2.07. The van der Waals surface area contributed by atoms with Crippen molar-refractivity contribution in [3.05, 3.63) is 35.3 Å². The van der Waals surface area contributed by atoms with Gasteiger partial charge < -0.3 is 14.7 Å². The molecule has 2 aromatic rings. The highest BCUT2D eigenvalue weighted by Gasteiger charge is 2.21. The van der Waals surface area contributed by atoms with Gasteiger partial charge >= 0.3 is 5.97 Å². The molecular formula is C18H22N2O4S. The largest absolute Gasteiger partial charge is 0.494 e. The van der Waals surface area contributed by atoms with E-state index in [0.29, 0.717) is 12.3 Å². The van der Waals surface area contributed by atoms with E-state index in [1.807, 2.05) is 36.6 Å². The molecule has 0 saturated carbocycles. The Morgan fingerprint density at radius 2 is 1.96 bits per heavy atom. The molecule has 0 radical (unpaired) electrons. The third-order valence-electron chi connectivity index (χ3n) is 3.55. The van der Waals surface area contributed by atoms with Crippen LogP contribution in [0.4, 0.5) is 0 Å². The van der Waals surface area contributed by atoms with Crippen molar-refractivity contribution in [3.63, 3.8) is 0 Å². The summed E-state index contributed by atoms with van der Waals surface area (Å²) in [7, 11) is 0. The number of rotatable bonds is 8. The summed E-state index contributed by atoms with van der Waals surface area (Å²) >= 11 is 1.46. The van der Waals surface area contributed by atoms with E-state index in [2.05, 4.69) is 4.98 Å². The van der Waals surface area contributed by atoms with Gasteiger partial charge in [-0.25, -0.2) is 4.98 Å². The highest BCUT2D eigenvalue weighted by molar-refractivity contribution is 7.13. The highest BCUT2D eigenvalue weighted by atomic mass is 32.1. The molecule has 1 amide bonds. The molecule has 1 N–H and O–H groups in total. The van der Waals surface area contributed by atoms with E-state index in [9.17, 15) is 9.59 Å². The Morgan fingerprint density at radius 1 is 1.28 bits per heavy atom. The number of hydrogen-bond donors (Lipinski definition) is 1. The molecule has 7 heteroatoms. The number of carbonyl (C=O) groups excluding carboxylic acids is 1. The van der Waals surface area contributed by atoms with Crippen LogP contribution in [-0.2, 0) is 16.0 Å². The predicted molar refractivity (Wildman–Crippen MR) is 96.9 cm³/mol. The first kappa shape index (κ1) is 18.9. The van der Waals surface area contributed by atoms with E-state index < -0.39 is 5.97 Å². The van der Waals surface area contributed by atoms with Crippen LogP contribution in [0.1, 0.15) is 26.5 Å². The second-order valence-corrected chi connectivity index (χ2v) is 6.65. The minimum absolute atomic E-state index is 0.0962. The van der Waals surface area contributed by atoms with Gasteiger partial charge in [0.15, 0.2) is 0 Å². The predicted octanol–water partition coefficient (Wildman–Crippen LogP) is 3.07. The SMILES string of the molecule is CCOc1ccc(-c2nc(CC(=O)N(CC(=O)O)C(C)C)cs2)cc1. The van der Waals surface area contributed by atoms with Crippen molar-refractivity contribution in [1.82, 2.24) is 9.88 Å². The molecule has 134 valence electrons. The molecule has 0 aliphatic heterocycles. The van der Waals surface area contributed by atoms with Crippen LogP contribution in [0, 0.1) is 0 Å². The molecule has 0 unspecified atom stereocenters. The molecule has 0 fully saturated rings. The van der Waals surface area contributed by atoms with Gasteiger partial charge in [0, 0.05) is 17.0 Å². The lowest BCUT2D eigenvalue weighted by Crippen LogP contribution is -2.41. The smallest absolute Gasteiger partial charge is 0.323 e. The van der Waals surface area contributed by atoms with Crippen molar-refractivity contribution in [2.24, 2.45) is 0 Å². The number of carboxylic acids is 1. The molecule has 1 aromatic carbocycles. The minimum Gasteiger partial charge on any atom is -0.494 e. The van der Waals surface area contributed by atoms with Crippen LogP contribution in [0.3, 0.4) is 0 Å². The number of amides is 1. The van der Waals surface area contributed by atoms with Crippen molar-refractivity contribution < 1.29 is 19.4 Å². The van der Waals surface area contributed by atoms with Crippen LogP contribution in [0.2, 0.25) is 0 Å². The van der Waals surface area contributed by atoms with Gasteiger partial charge in [0.2, 0.25) is 5.91 Å². The fourth-order valence-electron chi connectivity index (χ4n) is 2.34. The van der Waals surface area contributed by atoms with E-state index in [1.165, 1.54) is 16.2 Å². The zero-order valence-corrected chi connectivity index (χ0v) is 15.4. The Labute approximate surface area is 151 Å². The highest BCUT2D eigenvalue weighted by Crippen LogP contribution is 2.26. The Hall–Kier alpha value is -2.41. The molecule has 0 aliphatic rings. The summed E-state index contributed by atoms with van der Waals surface area (Å²) in [4.78, 5) is 29.1. The number of hydrogen-bond acceptors (Lipinski definition) is 5. The Bertz CT molecular complexity index is 725. The summed E-state index contributed by atoms with van der Waals surface area (Å²) in [6.45, 7) is 5.85. The lowest BCUT2D eigenvalue weighted by atomic mass is 10.2. The number of thiazole rings is 1. The maximum Gasteiger partial charge on any atom is 0.323 e. The fourth-order valence-corrected chi connectivity index (χ4v) is 3.17. The topological polar surface area (TPSA) is 79.7 Å². The molecule has 0 atom stereocenters. The van der Waals surface area contributed by atoms with Gasteiger partial charge in [-0.05, 0) is 45.0 Å². The van der Waals surface area contributed by atoms with Gasteiger partial charge in [0.25, 0.3) is 0 Å². The third-order valence-corrected chi connectivity index (χ3v) is 4.49. The van der Waals surface area contributed by atoms with Crippen LogP contribution in [-0.4, -0.2) is 46.1 Å². The second-order valence-electron chi connectivity index (χ2n) is 5.79. The normalized spacial score (nSPS) is 10.7. The van der Waals surface area contributed by atoms with Crippen molar-refractivity contribution >= 4 is 23.2 Å². The van der Waals surface area contributed by atoms with Gasteiger partial charge in [0.05, 0.1) is 18.7 Å². The quantitative estimate of drug-likeness (QED) is 0.781. The second kappa shape index (κ2) is 8.62. The molecule has 6 nitrogen and oxygen atoms in total. The molecule has 0 aliphatic carbocycles. The Morgan fingerprint density at radius 3 is 2.52 bits per heavy atom. The number of aromatic nitrogens is 1. The summed E-state index contributed by atoms with van der Waals surface area (Å²) in [5.74, 6) is -0.448. The van der Waals surface area contributed by atoms with Gasteiger partial charge in [0.1, 0.15) is 17.3 Å². The van der Waals surface area contributed by atoms with E-state index in [0.717, 1.165) is 16.3 Å². The lowest BCUT2D eigenvalue weighted by Gasteiger charge is -2.24. The zero-order chi connectivity index (χ0) is 18.4. The van der Waals surface area contributed by atoms with E-state index in [1.54, 1.807) is 13.8 Å². The number of nitrogens with zero attached hydrogens (tertiary/aromatic N) is 2. The van der Waals surface area contributed by atoms with Crippen molar-refractivity contribution in [1.29, 1.82) is 0 Å². The average molecular weight is 362 g/mol. The van der Waals surface area contributed by atoms with Crippen molar-refractivity contribution in [3.8, 4) is 16.3 Å². The van der Waals surface area contributed by atoms with E-state index >= 15 is 0 Å². The first-order chi connectivity index (χ1) is 11.9. The molecular weight excluding hydrogens is 340 g/mol. The van der Waals surface area contributed by atoms with E-state index in [-0.39, 0.29) is 24.9 Å². The average Bonchev–Trinajstić information content (AvgIpc) is 3.01. The number of aliphatic carboxylic acids is 1. The number of carboxylic acid groups (broad SMARTS) is 1. The van der Waals surface area contributed by atoms with Crippen LogP contribution in [0.25, 0.3) is 10.6 Å². The number of carbonyl (C=O) groups is 2. The Kier molecular flexibility index (Phi) is 6.52. The molecule has 1 aromatic heterocycles. The molecule has 0 bridgehead atoms. The van der Waals surface area contributed by atoms with Gasteiger partial charge in [-0.3, -0.25) is 9.59 Å². The molecule has 0 saturated heterocycles. The first-order valence-corrected chi connectivity index (χ1v) is 8.97. The van der Waals surface area contributed by atoms with Gasteiger partial charge in [-0.15, -0.1) is 11.3 Å². The van der Waals surface area contributed by atoms with Gasteiger partial charge in [-0.2, -0.15) is 0 Å². The summed E-state index contributed by atoms with van der Waals surface area (Å²) in [5.41, 5.74) is 1.60. The first-order valence-electron chi connectivity index (χ1n) is 8.09. The zero-order valence-electron chi connectivity index (χ0n) is 14.6. The monoisotopic (exact) mass is 362 g/mol. The van der Waals surface area contributed by atoms with Crippen molar-refractivity contribution in [2.75, 3.05) is 13.2 Å². The fraction of sp³-hybridized carbons (Fsp3) is 0.389. The number of ether oxygens (including phenoxy) is 1. The molecule has 25 heavy (non-hydrogen) atoms. The summed E-state index contributed by atoms with van der Waals surface area (Å²) in [6, 6.07) is 7.46. The third kappa shape index (κ3) is 5.29. The maximum absolute atomic E-state index is 12.4. The minimum atomic E-state index is -1.02. The molecule has 1 heterocycles. The van der Waals surface area contributed by atoms with E-state index in [4.69, 9.17) is 9.84 Å². The molecule has 0 spiro atoms. The summed E-state index contributed by atoms with van der Waals surface area (Å²) in [6.07, 6.45) is 0.0962. The van der Waals surface area contributed by atoms with Crippen LogP contribution >= 0.6 is 11.3 Å². The van der Waals surface area contributed by atoms with Crippen LogP contribution in [0.15, 0.2) is 29.6 Å². The lowest BCUT2D eigenvalue weighted by molar-refractivity contribution is -0.145. The standard InChI is InChI=1S/C18H22N2O4S/c1-4-24-15-7-5-13(6-8-15)18-19-14(11-25-18)9-16(21)20(12(2)3)10-17(22)23/h5-8,11-12H,4,9-10H2,1-3H3,(H,22,23). The number of benzene rings is 1.